The van der Waals surface area contributed by atoms with E-state index >= 15 is 0 Å². The van der Waals surface area contributed by atoms with Crippen molar-refractivity contribution in [2.75, 3.05) is 16.2 Å². The number of fused-ring (bicyclic) bond motifs is 1. The van der Waals surface area contributed by atoms with Crippen LogP contribution in [0.1, 0.15) is 27.2 Å². The molecular formula is C21H19N3O5S2. The number of amides is 1. The van der Waals surface area contributed by atoms with Crippen molar-refractivity contribution in [3.05, 3.63) is 80.0 Å². The van der Waals surface area contributed by atoms with Gasteiger partial charge in [0.25, 0.3) is 21.6 Å². The van der Waals surface area contributed by atoms with E-state index in [4.69, 9.17) is 0 Å². The third-order valence-electron chi connectivity index (χ3n) is 5.10. The molecule has 0 aliphatic carbocycles. The van der Waals surface area contributed by atoms with Gasteiger partial charge in [-0.25, -0.2) is 8.42 Å². The lowest BCUT2D eigenvalue weighted by atomic mass is 10.0. The van der Waals surface area contributed by atoms with Crippen molar-refractivity contribution < 1.29 is 18.1 Å². The normalized spacial score (nSPS) is 13.5. The number of benzene rings is 2. The van der Waals surface area contributed by atoms with Crippen LogP contribution in [-0.4, -0.2) is 25.8 Å². The second-order valence-electron chi connectivity index (χ2n) is 7.19. The second-order valence-corrected chi connectivity index (χ2v) is 9.79. The highest BCUT2D eigenvalue weighted by molar-refractivity contribution is 7.92. The fraction of sp³-hybridized carbons (Fsp3) is 0.190. The fourth-order valence-corrected chi connectivity index (χ4v) is 5.59. The van der Waals surface area contributed by atoms with Crippen LogP contribution in [0.2, 0.25) is 0 Å². The van der Waals surface area contributed by atoms with Crippen LogP contribution in [0.4, 0.5) is 17.1 Å². The van der Waals surface area contributed by atoms with Gasteiger partial charge in [0, 0.05) is 30.1 Å². The van der Waals surface area contributed by atoms with Gasteiger partial charge in [-0.2, -0.15) is 0 Å². The molecule has 0 fully saturated rings. The SMILES string of the molecule is Cc1ccc([N+](=O)[O-])cc1S(=O)(=O)Nc1ccc2c(c1)CCCN2C(=O)c1cccs1. The Labute approximate surface area is 183 Å². The molecule has 1 aliphatic rings. The van der Waals surface area contributed by atoms with Crippen LogP contribution in [-0.2, 0) is 16.4 Å². The molecule has 3 aromatic rings. The minimum Gasteiger partial charge on any atom is -0.307 e. The number of nitro groups is 1. The summed E-state index contributed by atoms with van der Waals surface area (Å²) in [5.41, 5.74) is 2.09. The quantitative estimate of drug-likeness (QED) is 0.452. The number of thiophene rings is 1. The van der Waals surface area contributed by atoms with Gasteiger partial charge < -0.3 is 4.90 Å². The predicted molar refractivity (Wildman–Crippen MR) is 119 cm³/mol. The number of non-ortho nitro benzene ring substituents is 1. The lowest BCUT2D eigenvalue weighted by Gasteiger charge is -2.29. The first-order valence-electron chi connectivity index (χ1n) is 9.52. The Bertz CT molecular complexity index is 1270. The highest BCUT2D eigenvalue weighted by Crippen LogP contribution is 2.32. The van der Waals surface area contributed by atoms with E-state index in [1.54, 1.807) is 36.1 Å². The van der Waals surface area contributed by atoms with Gasteiger partial charge in [0.2, 0.25) is 0 Å². The van der Waals surface area contributed by atoms with Gasteiger partial charge in [-0.15, -0.1) is 11.3 Å². The Morgan fingerprint density at radius 3 is 2.71 bits per heavy atom. The van der Waals surface area contributed by atoms with Crippen LogP contribution in [0.5, 0.6) is 0 Å². The predicted octanol–water partition coefficient (Wildman–Crippen LogP) is 4.36. The molecule has 0 spiro atoms. The zero-order valence-corrected chi connectivity index (χ0v) is 18.2. The van der Waals surface area contributed by atoms with Crippen LogP contribution in [0.25, 0.3) is 0 Å². The van der Waals surface area contributed by atoms with Gasteiger partial charge in [0.05, 0.1) is 14.7 Å². The minimum atomic E-state index is -4.03. The first-order chi connectivity index (χ1) is 14.8. The van der Waals surface area contributed by atoms with E-state index in [9.17, 15) is 23.3 Å². The number of nitro benzene ring substituents is 1. The summed E-state index contributed by atoms with van der Waals surface area (Å²) in [5.74, 6) is -0.0727. The number of carbonyl (C=O) groups excluding carboxylic acids is 1. The molecule has 0 atom stereocenters. The lowest BCUT2D eigenvalue weighted by Crippen LogP contribution is -2.35. The van der Waals surface area contributed by atoms with Crippen molar-refractivity contribution in [3.8, 4) is 0 Å². The largest absolute Gasteiger partial charge is 0.307 e. The number of hydrogen-bond donors (Lipinski definition) is 1. The molecule has 2 aromatic carbocycles. The molecule has 0 radical (unpaired) electrons. The zero-order valence-electron chi connectivity index (χ0n) is 16.6. The number of anilines is 2. The van der Waals surface area contributed by atoms with Gasteiger partial charge in [-0.3, -0.25) is 19.6 Å². The minimum absolute atomic E-state index is 0.0727. The lowest BCUT2D eigenvalue weighted by molar-refractivity contribution is -0.385. The maximum atomic E-state index is 12.9. The van der Waals surface area contributed by atoms with Crippen LogP contribution in [0, 0.1) is 17.0 Å². The molecule has 1 aromatic heterocycles. The molecule has 4 rings (SSSR count). The third-order valence-corrected chi connectivity index (χ3v) is 7.48. The molecule has 0 saturated heterocycles. The Kier molecular flexibility index (Phi) is 5.50. The van der Waals surface area contributed by atoms with Crippen LogP contribution < -0.4 is 9.62 Å². The standard InChI is InChI=1S/C21H19N3O5S2/c1-14-6-8-17(24(26)27)13-20(14)31(28,29)22-16-7-9-18-15(12-16)4-2-10-23(18)21(25)19-5-3-11-30-19/h3,5-9,11-13,22H,2,4,10H2,1H3. The summed E-state index contributed by atoms with van der Waals surface area (Å²) in [6, 6.07) is 12.4. The Morgan fingerprint density at radius 2 is 2.00 bits per heavy atom. The van der Waals surface area contributed by atoms with Gasteiger partial charge in [0.1, 0.15) is 0 Å². The summed E-state index contributed by atoms with van der Waals surface area (Å²) < 4.78 is 28.3. The van der Waals surface area contributed by atoms with Crippen molar-refractivity contribution in [3.63, 3.8) is 0 Å². The Morgan fingerprint density at radius 1 is 1.19 bits per heavy atom. The van der Waals surface area contributed by atoms with Crippen molar-refractivity contribution in [2.24, 2.45) is 0 Å². The number of nitrogens with one attached hydrogen (secondary N) is 1. The molecule has 0 bridgehead atoms. The van der Waals surface area contributed by atoms with Gasteiger partial charge in [-0.05, 0) is 60.5 Å². The molecule has 1 N–H and O–H groups in total. The molecule has 8 nitrogen and oxygen atoms in total. The summed E-state index contributed by atoms with van der Waals surface area (Å²) in [4.78, 5) is 25.5. The number of nitrogens with zero attached hydrogens (tertiary/aromatic N) is 2. The smallest absolute Gasteiger partial charge is 0.270 e. The van der Waals surface area contributed by atoms with E-state index in [1.165, 1.54) is 23.5 Å². The molecule has 160 valence electrons. The van der Waals surface area contributed by atoms with E-state index in [2.05, 4.69) is 4.72 Å². The Hall–Kier alpha value is -3.24. The molecule has 2 heterocycles. The summed E-state index contributed by atoms with van der Waals surface area (Å²) in [6.45, 7) is 2.18. The van der Waals surface area contributed by atoms with Crippen molar-refractivity contribution >= 4 is 44.3 Å². The van der Waals surface area contributed by atoms with Crippen molar-refractivity contribution in [1.29, 1.82) is 0 Å². The number of aryl methyl sites for hydroxylation is 2. The molecule has 1 aliphatic heterocycles. The van der Waals surface area contributed by atoms with Crippen LogP contribution in [0.3, 0.4) is 0 Å². The average Bonchev–Trinajstić information content (AvgIpc) is 3.27. The van der Waals surface area contributed by atoms with E-state index in [0.29, 0.717) is 22.7 Å². The number of hydrogen-bond acceptors (Lipinski definition) is 6. The molecular weight excluding hydrogens is 438 g/mol. The van der Waals surface area contributed by atoms with Crippen molar-refractivity contribution in [2.45, 2.75) is 24.7 Å². The molecule has 31 heavy (non-hydrogen) atoms. The zero-order chi connectivity index (χ0) is 22.2. The van der Waals surface area contributed by atoms with Gasteiger partial charge in [0.15, 0.2) is 0 Å². The van der Waals surface area contributed by atoms with E-state index < -0.39 is 14.9 Å². The summed E-state index contributed by atoms with van der Waals surface area (Å²) in [7, 11) is -4.03. The average molecular weight is 458 g/mol. The monoisotopic (exact) mass is 457 g/mol. The Balaban J connectivity index is 1.63. The number of rotatable bonds is 5. The summed E-state index contributed by atoms with van der Waals surface area (Å²) in [5, 5.41) is 12.9. The summed E-state index contributed by atoms with van der Waals surface area (Å²) >= 11 is 1.38. The first kappa shape index (κ1) is 21.0. The maximum Gasteiger partial charge on any atom is 0.270 e. The van der Waals surface area contributed by atoms with Crippen LogP contribution >= 0.6 is 11.3 Å². The molecule has 10 heteroatoms. The highest BCUT2D eigenvalue weighted by atomic mass is 32.2. The summed E-state index contributed by atoms with van der Waals surface area (Å²) in [6.07, 6.45) is 1.49. The van der Waals surface area contributed by atoms with E-state index in [-0.39, 0.29) is 16.5 Å². The van der Waals surface area contributed by atoms with Gasteiger partial charge >= 0.3 is 0 Å². The van der Waals surface area contributed by atoms with Crippen molar-refractivity contribution in [1.82, 2.24) is 0 Å². The highest BCUT2D eigenvalue weighted by Gasteiger charge is 2.26. The second kappa shape index (κ2) is 8.12. The maximum absolute atomic E-state index is 12.9. The van der Waals surface area contributed by atoms with Gasteiger partial charge in [-0.1, -0.05) is 12.1 Å². The molecule has 0 saturated carbocycles. The number of carbonyl (C=O) groups is 1. The van der Waals surface area contributed by atoms with E-state index in [1.807, 2.05) is 11.4 Å². The van der Waals surface area contributed by atoms with E-state index in [0.717, 1.165) is 30.2 Å². The fourth-order valence-electron chi connectivity index (χ4n) is 3.61. The molecule has 1 amide bonds. The number of sulfonamides is 1. The molecule has 0 unspecified atom stereocenters. The third kappa shape index (κ3) is 4.17. The van der Waals surface area contributed by atoms with Crippen LogP contribution in [0.15, 0.2) is 58.8 Å². The topological polar surface area (TPSA) is 110 Å². The first-order valence-corrected chi connectivity index (χ1v) is 11.9.